The van der Waals surface area contributed by atoms with Crippen molar-refractivity contribution < 1.29 is 22.8 Å². The topological polar surface area (TPSA) is 77.2 Å². The van der Waals surface area contributed by atoms with E-state index in [4.69, 9.17) is 4.52 Å². The Morgan fingerprint density at radius 1 is 1.10 bits per heavy atom. The molecule has 8 heteroatoms. The number of hydrogen-bond acceptors (Lipinski definition) is 5. The zero-order valence-corrected chi connectivity index (χ0v) is 15.9. The number of aromatic nitrogens is 2. The highest BCUT2D eigenvalue weighted by molar-refractivity contribution is 5.76. The van der Waals surface area contributed by atoms with Crippen LogP contribution in [0.1, 0.15) is 30.4 Å². The van der Waals surface area contributed by atoms with Gasteiger partial charge in [-0.25, -0.2) is 0 Å². The Balaban J connectivity index is 1.45. The molecule has 0 aliphatic carbocycles. The summed E-state index contributed by atoms with van der Waals surface area (Å²) in [6, 6.07) is 14.0. The second-order valence-electron chi connectivity index (χ2n) is 6.36. The molecule has 152 valence electrons. The molecule has 3 aromatic rings. The van der Waals surface area contributed by atoms with Crippen molar-refractivity contribution in [3.8, 4) is 17.1 Å². The van der Waals surface area contributed by atoms with Crippen LogP contribution in [-0.2, 0) is 24.2 Å². The molecular formula is C21H21F2N3O3. The number of carbonyl (C=O) groups excluding carboxylic acids is 1. The van der Waals surface area contributed by atoms with Crippen LogP contribution in [-0.4, -0.2) is 22.7 Å². The van der Waals surface area contributed by atoms with Crippen LogP contribution in [0.15, 0.2) is 53.1 Å². The van der Waals surface area contributed by atoms with Crippen molar-refractivity contribution >= 4 is 5.91 Å². The average molecular weight is 401 g/mol. The molecule has 1 heterocycles. The molecule has 1 N–H and O–H groups in total. The van der Waals surface area contributed by atoms with Gasteiger partial charge in [0.05, 0.1) is 0 Å². The Hall–Kier alpha value is -3.29. The molecule has 1 amide bonds. The van der Waals surface area contributed by atoms with Crippen LogP contribution >= 0.6 is 0 Å². The number of halogens is 2. The van der Waals surface area contributed by atoms with Gasteiger partial charge in [0.1, 0.15) is 5.75 Å². The standard InChI is InChI=1S/C21H21F2N3O3/c1-2-14-3-7-16(8-4-14)20-25-19(29-26-20)12-11-18(27)24-13-15-5-9-17(10-6-15)28-21(22)23/h3-10,21H,2,11-13H2,1H3,(H,24,27). The summed E-state index contributed by atoms with van der Waals surface area (Å²) >= 11 is 0. The van der Waals surface area contributed by atoms with E-state index in [0.29, 0.717) is 18.1 Å². The zero-order chi connectivity index (χ0) is 20.6. The van der Waals surface area contributed by atoms with Gasteiger partial charge in [0.25, 0.3) is 0 Å². The van der Waals surface area contributed by atoms with E-state index in [-0.39, 0.29) is 24.6 Å². The molecule has 29 heavy (non-hydrogen) atoms. The van der Waals surface area contributed by atoms with Crippen molar-refractivity contribution in [3.05, 3.63) is 65.5 Å². The summed E-state index contributed by atoms with van der Waals surface area (Å²) in [5.41, 5.74) is 2.86. The largest absolute Gasteiger partial charge is 0.435 e. The molecule has 0 fully saturated rings. The van der Waals surface area contributed by atoms with Crippen LogP contribution in [0.5, 0.6) is 5.75 Å². The normalized spacial score (nSPS) is 10.9. The van der Waals surface area contributed by atoms with Crippen molar-refractivity contribution in [2.75, 3.05) is 0 Å². The Kier molecular flexibility index (Phi) is 6.89. The van der Waals surface area contributed by atoms with Crippen molar-refractivity contribution in [1.82, 2.24) is 15.5 Å². The number of rotatable bonds is 9. The average Bonchev–Trinajstić information content (AvgIpc) is 3.20. The number of aryl methyl sites for hydroxylation is 2. The predicted molar refractivity (Wildman–Crippen MR) is 102 cm³/mol. The van der Waals surface area contributed by atoms with E-state index >= 15 is 0 Å². The van der Waals surface area contributed by atoms with Gasteiger partial charge in [-0.2, -0.15) is 13.8 Å². The summed E-state index contributed by atoms with van der Waals surface area (Å²) in [4.78, 5) is 16.4. The fourth-order valence-electron chi connectivity index (χ4n) is 2.66. The second-order valence-corrected chi connectivity index (χ2v) is 6.36. The molecule has 0 aliphatic rings. The van der Waals surface area contributed by atoms with E-state index in [1.807, 2.05) is 24.3 Å². The lowest BCUT2D eigenvalue weighted by Gasteiger charge is -2.07. The third-order valence-electron chi connectivity index (χ3n) is 4.29. The van der Waals surface area contributed by atoms with Crippen LogP contribution < -0.4 is 10.1 Å². The fourth-order valence-corrected chi connectivity index (χ4v) is 2.66. The van der Waals surface area contributed by atoms with E-state index in [1.54, 1.807) is 12.1 Å². The first kappa shape index (κ1) is 20.4. The molecule has 3 rings (SSSR count). The lowest BCUT2D eigenvalue weighted by Crippen LogP contribution is -2.23. The number of hydrogen-bond donors (Lipinski definition) is 1. The van der Waals surface area contributed by atoms with Gasteiger partial charge in [-0.1, -0.05) is 48.5 Å². The van der Waals surface area contributed by atoms with E-state index < -0.39 is 6.61 Å². The highest BCUT2D eigenvalue weighted by Gasteiger charge is 2.11. The lowest BCUT2D eigenvalue weighted by atomic mass is 10.1. The second kappa shape index (κ2) is 9.77. The van der Waals surface area contributed by atoms with Gasteiger partial charge in [-0.3, -0.25) is 4.79 Å². The van der Waals surface area contributed by atoms with E-state index in [2.05, 4.69) is 27.1 Å². The molecule has 0 bridgehead atoms. The number of carbonyl (C=O) groups is 1. The molecule has 0 spiro atoms. The quantitative estimate of drug-likeness (QED) is 0.583. The first-order valence-corrected chi connectivity index (χ1v) is 9.26. The number of ether oxygens (including phenoxy) is 1. The predicted octanol–water partition coefficient (Wildman–Crippen LogP) is 4.15. The van der Waals surface area contributed by atoms with Crippen molar-refractivity contribution in [2.45, 2.75) is 39.3 Å². The van der Waals surface area contributed by atoms with Gasteiger partial charge < -0.3 is 14.6 Å². The molecule has 0 radical (unpaired) electrons. The lowest BCUT2D eigenvalue weighted by molar-refractivity contribution is -0.121. The first-order chi connectivity index (χ1) is 14.0. The monoisotopic (exact) mass is 401 g/mol. The van der Waals surface area contributed by atoms with Gasteiger partial charge >= 0.3 is 6.61 Å². The van der Waals surface area contributed by atoms with Crippen LogP contribution in [0.3, 0.4) is 0 Å². The Labute approximate surface area is 166 Å². The number of benzene rings is 2. The first-order valence-electron chi connectivity index (χ1n) is 9.26. The molecule has 2 aromatic carbocycles. The molecule has 0 saturated heterocycles. The minimum atomic E-state index is -2.86. The molecule has 0 unspecified atom stereocenters. The molecular weight excluding hydrogens is 380 g/mol. The van der Waals surface area contributed by atoms with Crippen molar-refractivity contribution in [3.63, 3.8) is 0 Å². The fraction of sp³-hybridized carbons (Fsp3) is 0.286. The highest BCUT2D eigenvalue weighted by atomic mass is 19.3. The minimum Gasteiger partial charge on any atom is -0.435 e. The SMILES string of the molecule is CCc1ccc(-c2noc(CCC(=O)NCc3ccc(OC(F)F)cc3)n2)cc1. The van der Waals surface area contributed by atoms with Crippen LogP contribution in [0.25, 0.3) is 11.4 Å². The third kappa shape index (κ3) is 6.10. The maximum Gasteiger partial charge on any atom is 0.387 e. The number of nitrogens with one attached hydrogen (secondary N) is 1. The summed E-state index contributed by atoms with van der Waals surface area (Å²) in [5.74, 6) is 0.786. The van der Waals surface area contributed by atoms with Gasteiger partial charge in [0.15, 0.2) is 0 Å². The Morgan fingerprint density at radius 3 is 2.45 bits per heavy atom. The number of amides is 1. The summed E-state index contributed by atoms with van der Waals surface area (Å²) in [6.07, 6.45) is 1.48. The summed E-state index contributed by atoms with van der Waals surface area (Å²) in [5, 5.41) is 6.72. The number of nitrogens with zero attached hydrogens (tertiary/aromatic N) is 2. The Bertz CT molecular complexity index is 925. The smallest absolute Gasteiger partial charge is 0.387 e. The highest BCUT2D eigenvalue weighted by Crippen LogP contribution is 2.17. The molecule has 0 saturated carbocycles. The summed E-state index contributed by atoms with van der Waals surface area (Å²) in [6.45, 7) is -0.489. The molecule has 6 nitrogen and oxygen atoms in total. The van der Waals surface area contributed by atoms with E-state index in [0.717, 1.165) is 17.5 Å². The van der Waals surface area contributed by atoms with E-state index in [9.17, 15) is 13.6 Å². The van der Waals surface area contributed by atoms with Crippen LogP contribution in [0, 0.1) is 0 Å². The van der Waals surface area contributed by atoms with Crippen molar-refractivity contribution in [1.29, 1.82) is 0 Å². The van der Waals surface area contributed by atoms with Crippen molar-refractivity contribution in [2.24, 2.45) is 0 Å². The molecule has 0 atom stereocenters. The Morgan fingerprint density at radius 2 is 1.79 bits per heavy atom. The molecule has 1 aromatic heterocycles. The zero-order valence-electron chi connectivity index (χ0n) is 15.9. The van der Waals surface area contributed by atoms with Gasteiger partial charge in [-0.15, -0.1) is 0 Å². The molecule has 0 aliphatic heterocycles. The maximum absolute atomic E-state index is 12.1. The van der Waals surface area contributed by atoms with Gasteiger partial charge in [-0.05, 0) is 29.7 Å². The van der Waals surface area contributed by atoms with E-state index in [1.165, 1.54) is 17.7 Å². The van der Waals surface area contributed by atoms with Gasteiger partial charge in [0, 0.05) is 24.9 Å². The van der Waals surface area contributed by atoms with Crippen LogP contribution in [0.4, 0.5) is 8.78 Å². The summed E-state index contributed by atoms with van der Waals surface area (Å²) in [7, 11) is 0. The number of alkyl halides is 2. The third-order valence-corrected chi connectivity index (χ3v) is 4.29. The maximum atomic E-state index is 12.1. The minimum absolute atomic E-state index is 0.0756. The van der Waals surface area contributed by atoms with Crippen LogP contribution in [0.2, 0.25) is 0 Å². The summed E-state index contributed by atoms with van der Waals surface area (Å²) < 4.78 is 33.8. The van der Waals surface area contributed by atoms with Gasteiger partial charge in [0.2, 0.25) is 17.6 Å².